The van der Waals surface area contributed by atoms with Gasteiger partial charge in [-0.1, -0.05) is 29.6 Å². The van der Waals surface area contributed by atoms with Crippen LogP contribution in [0.3, 0.4) is 0 Å². The molecule has 3 heterocycles. The molecule has 1 saturated heterocycles. The van der Waals surface area contributed by atoms with Crippen molar-refractivity contribution in [3.63, 3.8) is 0 Å². The lowest BCUT2D eigenvalue weighted by molar-refractivity contribution is 0.422. The topological polar surface area (TPSA) is 57.2 Å². The van der Waals surface area contributed by atoms with Gasteiger partial charge in [0, 0.05) is 47.6 Å². The van der Waals surface area contributed by atoms with E-state index >= 15 is 0 Å². The van der Waals surface area contributed by atoms with Crippen LogP contribution in [0.15, 0.2) is 65.8 Å². The van der Waals surface area contributed by atoms with E-state index in [1.54, 1.807) is 18.3 Å². The predicted octanol–water partition coefficient (Wildman–Crippen LogP) is 7.17. The van der Waals surface area contributed by atoms with Crippen LogP contribution in [0.2, 0.25) is 5.15 Å². The second kappa shape index (κ2) is 11.0. The minimum Gasteiger partial charge on any atom is -0.353 e. The summed E-state index contributed by atoms with van der Waals surface area (Å²) in [5, 5.41) is 0.366. The fourth-order valence-corrected chi connectivity index (χ4v) is 6.01. The maximum absolute atomic E-state index is 13.2. The van der Waals surface area contributed by atoms with E-state index in [9.17, 15) is 4.39 Å². The molecular weight excluding hydrogens is 527 g/mol. The minimum absolute atomic E-state index is 0.215. The third-order valence-corrected chi connectivity index (χ3v) is 8.06. The quantitative estimate of drug-likeness (QED) is 0.199. The number of benzene rings is 2. The first-order valence-corrected chi connectivity index (χ1v) is 14.0. The van der Waals surface area contributed by atoms with Crippen LogP contribution in [-0.4, -0.2) is 50.2 Å². The van der Waals surface area contributed by atoms with Gasteiger partial charge < -0.3 is 9.62 Å². The number of anilines is 2. The first-order chi connectivity index (χ1) is 17.7. The Hall–Kier alpha value is -2.59. The van der Waals surface area contributed by atoms with E-state index < -0.39 is 0 Å². The molecule has 1 N–H and O–H groups in total. The molecule has 0 atom stereocenters. The number of halogens is 2. The molecule has 1 fully saturated rings. The lowest BCUT2D eigenvalue weighted by Crippen LogP contribution is -2.45. The summed E-state index contributed by atoms with van der Waals surface area (Å²) in [5.41, 5.74) is 4.26. The Bertz CT molecular complexity index is 1390. The second-order valence-corrected chi connectivity index (χ2v) is 12.9. The highest BCUT2D eigenvalue weighted by molar-refractivity contribution is 8.00. The molecule has 0 saturated carbocycles. The average Bonchev–Trinajstić information content (AvgIpc) is 2.88. The Balaban J connectivity index is 1.32. The van der Waals surface area contributed by atoms with E-state index in [0.29, 0.717) is 10.8 Å². The Morgan fingerprint density at radius 2 is 1.65 bits per heavy atom. The summed E-state index contributed by atoms with van der Waals surface area (Å²) >= 11 is 9.61. The summed E-state index contributed by atoms with van der Waals surface area (Å²) in [6.45, 7) is 10.6. The molecule has 0 unspecified atom stereocenters. The number of piperazine rings is 1. The van der Waals surface area contributed by atoms with Gasteiger partial charge in [-0.2, -0.15) is 0 Å². The number of rotatable bonds is 6. The van der Waals surface area contributed by atoms with Crippen LogP contribution in [-0.2, 0) is 0 Å². The van der Waals surface area contributed by atoms with Gasteiger partial charge in [-0.15, -0.1) is 0 Å². The van der Waals surface area contributed by atoms with Crippen LogP contribution in [0.1, 0.15) is 20.8 Å². The molecule has 0 bridgehead atoms. The van der Waals surface area contributed by atoms with E-state index in [2.05, 4.69) is 44.7 Å². The highest BCUT2D eigenvalue weighted by Crippen LogP contribution is 2.32. The van der Waals surface area contributed by atoms with E-state index in [1.807, 2.05) is 42.4 Å². The van der Waals surface area contributed by atoms with Crippen molar-refractivity contribution < 1.29 is 4.39 Å². The van der Waals surface area contributed by atoms with E-state index in [0.717, 1.165) is 59.1 Å². The van der Waals surface area contributed by atoms with Gasteiger partial charge in [-0.3, -0.25) is 4.98 Å². The zero-order valence-corrected chi connectivity index (χ0v) is 23.3. The first kappa shape index (κ1) is 26.0. The van der Waals surface area contributed by atoms with Crippen molar-refractivity contribution in [2.24, 2.45) is 0 Å². The van der Waals surface area contributed by atoms with Gasteiger partial charge in [0.2, 0.25) is 0 Å². The SMILES string of the molecule is CC(C)(C)SN1CCN(c2cnc3ccc(-c4cnc(Cl)c(NSc5ccc(F)cc5)c4)cc3n2)CC1. The average molecular weight is 555 g/mol. The van der Waals surface area contributed by atoms with Crippen molar-refractivity contribution in [3.05, 3.63) is 71.9 Å². The molecule has 0 amide bonds. The molecule has 10 heteroatoms. The molecule has 2 aromatic carbocycles. The monoisotopic (exact) mass is 554 g/mol. The van der Waals surface area contributed by atoms with Crippen LogP contribution in [0, 0.1) is 5.82 Å². The van der Waals surface area contributed by atoms with Crippen molar-refractivity contribution in [3.8, 4) is 11.1 Å². The summed E-state index contributed by atoms with van der Waals surface area (Å²) in [6.07, 6.45) is 3.62. The molecule has 37 heavy (non-hydrogen) atoms. The summed E-state index contributed by atoms with van der Waals surface area (Å²) in [4.78, 5) is 17.2. The van der Waals surface area contributed by atoms with Gasteiger partial charge in [0.25, 0.3) is 0 Å². The fraction of sp³-hybridized carbons (Fsp3) is 0.296. The Morgan fingerprint density at radius 3 is 2.38 bits per heavy atom. The molecule has 0 radical (unpaired) electrons. The van der Waals surface area contributed by atoms with Crippen molar-refractivity contribution >= 4 is 58.0 Å². The van der Waals surface area contributed by atoms with Crippen molar-refractivity contribution in [2.45, 2.75) is 30.4 Å². The summed E-state index contributed by atoms with van der Waals surface area (Å²) in [7, 11) is 0. The number of nitrogens with zero attached hydrogens (tertiary/aromatic N) is 5. The highest BCUT2D eigenvalue weighted by atomic mass is 35.5. The molecule has 5 rings (SSSR count). The second-order valence-electron chi connectivity index (χ2n) is 9.77. The third-order valence-electron chi connectivity index (χ3n) is 5.76. The fourth-order valence-electron chi connectivity index (χ4n) is 4.02. The van der Waals surface area contributed by atoms with Gasteiger partial charge in [0.05, 0.1) is 22.9 Å². The maximum atomic E-state index is 13.2. The van der Waals surface area contributed by atoms with Crippen molar-refractivity contribution in [1.29, 1.82) is 0 Å². The van der Waals surface area contributed by atoms with E-state index in [-0.39, 0.29) is 10.6 Å². The van der Waals surface area contributed by atoms with Crippen LogP contribution in [0.5, 0.6) is 0 Å². The Labute approximate surface area is 230 Å². The molecule has 2 aromatic heterocycles. The normalized spacial score (nSPS) is 14.8. The van der Waals surface area contributed by atoms with Crippen LogP contribution in [0.25, 0.3) is 22.2 Å². The highest BCUT2D eigenvalue weighted by Gasteiger charge is 2.23. The van der Waals surface area contributed by atoms with Gasteiger partial charge in [0.1, 0.15) is 11.6 Å². The van der Waals surface area contributed by atoms with Gasteiger partial charge in [-0.05, 0) is 80.7 Å². The van der Waals surface area contributed by atoms with Gasteiger partial charge in [0.15, 0.2) is 5.15 Å². The molecule has 0 aliphatic carbocycles. The lowest BCUT2D eigenvalue weighted by Gasteiger charge is -2.37. The van der Waals surface area contributed by atoms with Gasteiger partial charge in [-0.25, -0.2) is 18.7 Å². The van der Waals surface area contributed by atoms with Crippen LogP contribution >= 0.6 is 35.5 Å². The van der Waals surface area contributed by atoms with Crippen molar-refractivity contribution in [2.75, 3.05) is 35.8 Å². The molecule has 1 aliphatic heterocycles. The number of hydrogen-bond donors (Lipinski definition) is 1. The number of pyridine rings is 1. The maximum Gasteiger partial charge on any atom is 0.152 e. The Morgan fingerprint density at radius 1 is 0.892 bits per heavy atom. The third kappa shape index (κ3) is 6.65. The van der Waals surface area contributed by atoms with Crippen LogP contribution in [0.4, 0.5) is 15.9 Å². The first-order valence-electron chi connectivity index (χ1n) is 12.0. The molecule has 6 nitrogen and oxygen atoms in total. The number of hydrogen-bond acceptors (Lipinski definition) is 8. The number of aromatic nitrogens is 3. The zero-order chi connectivity index (χ0) is 26.0. The summed E-state index contributed by atoms with van der Waals surface area (Å²) in [5.74, 6) is 0.632. The van der Waals surface area contributed by atoms with E-state index in [1.165, 1.54) is 24.1 Å². The molecule has 0 spiro atoms. The predicted molar refractivity (Wildman–Crippen MR) is 155 cm³/mol. The Kier molecular flexibility index (Phi) is 7.76. The van der Waals surface area contributed by atoms with Gasteiger partial charge >= 0.3 is 0 Å². The van der Waals surface area contributed by atoms with Crippen LogP contribution < -0.4 is 9.62 Å². The molecule has 192 valence electrons. The lowest BCUT2D eigenvalue weighted by atomic mass is 10.1. The standard InChI is InChI=1S/C27H28ClFN6S2/c1-27(2,3)37-35-12-10-34(11-13-35)25-17-30-22-9-4-18(14-23(22)32-25)19-15-24(26(28)31-16-19)33-36-21-7-5-20(29)6-8-21/h4-9,14-17,33H,10-13H2,1-3H3. The smallest absolute Gasteiger partial charge is 0.152 e. The molecule has 1 aliphatic rings. The number of nitrogens with one attached hydrogen (secondary N) is 1. The molecular formula is C27H28ClFN6S2. The largest absolute Gasteiger partial charge is 0.353 e. The van der Waals surface area contributed by atoms with E-state index in [4.69, 9.17) is 16.6 Å². The number of fused-ring (bicyclic) bond motifs is 1. The summed E-state index contributed by atoms with van der Waals surface area (Å²) < 4.78 is 19.1. The summed E-state index contributed by atoms with van der Waals surface area (Å²) in [6, 6.07) is 14.3. The molecule has 4 aromatic rings. The minimum atomic E-state index is -0.268. The zero-order valence-electron chi connectivity index (χ0n) is 20.9. The van der Waals surface area contributed by atoms with Crippen molar-refractivity contribution in [1.82, 2.24) is 19.3 Å².